The minimum atomic E-state index is -3.15. The maximum Gasteiger partial charge on any atom is 0.217 e. The van der Waals surface area contributed by atoms with Gasteiger partial charge in [0.15, 0.2) is 0 Å². The molecule has 0 unspecified atom stereocenters. The molecule has 120 valence electrons. The Labute approximate surface area is 132 Å². The largest absolute Gasteiger partial charge is 0.396 e. The van der Waals surface area contributed by atoms with Crippen LogP contribution in [0.15, 0.2) is 30.3 Å². The number of hydrogen-bond acceptors (Lipinski definition) is 3. The predicted octanol–water partition coefficient (Wildman–Crippen LogP) is 1.94. The summed E-state index contributed by atoms with van der Waals surface area (Å²) >= 11 is 0. The average molecular weight is 321 g/mol. The minimum absolute atomic E-state index is 0.0201. The van der Waals surface area contributed by atoms with E-state index in [1.165, 1.54) is 5.56 Å². The Morgan fingerprint density at radius 2 is 1.86 bits per heavy atom. The molecule has 3 aliphatic rings. The van der Waals surface area contributed by atoms with E-state index in [0.29, 0.717) is 0 Å². The van der Waals surface area contributed by atoms with Crippen LogP contribution in [0.2, 0.25) is 0 Å². The van der Waals surface area contributed by atoms with Crippen LogP contribution in [0.1, 0.15) is 37.7 Å². The van der Waals surface area contributed by atoms with Crippen LogP contribution in [-0.4, -0.2) is 41.8 Å². The van der Waals surface area contributed by atoms with E-state index in [-0.39, 0.29) is 29.4 Å². The van der Waals surface area contributed by atoms with Gasteiger partial charge in [-0.2, -0.15) is 4.31 Å². The number of rotatable bonds is 5. The van der Waals surface area contributed by atoms with Crippen molar-refractivity contribution in [1.29, 1.82) is 0 Å². The van der Waals surface area contributed by atoms with E-state index in [1.54, 1.807) is 4.31 Å². The molecule has 3 fully saturated rings. The van der Waals surface area contributed by atoms with E-state index in [0.717, 1.165) is 38.5 Å². The molecule has 4 rings (SSSR count). The third-order valence-electron chi connectivity index (χ3n) is 5.74. The van der Waals surface area contributed by atoms with Crippen LogP contribution in [0.25, 0.3) is 0 Å². The summed E-state index contributed by atoms with van der Waals surface area (Å²) in [5.74, 6) is 0. The lowest BCUT2D eigenvalue weighted by atomic mass is 9.70. The SMILES string of the molecule is O=S(=O)(C1CC1)N1[C@H]2CC[C@@H]1[C@@](CO)(Cc1ccccc1)C2. The first-order chi connectivity index (χ1) is 10.6. The molecular weight excluding hydrogens is 298 g/mol. The Hall–Kier alpha value is -0.910. The van der Waals surface area contributed by atoms with Gasteiger partial charge in [0.05, 0.1) is 11.9 Å². The number of aliphatic hydroxyl groups is 1. The molecular formula is C17H23NO3S. The van der Waals surface area contributed by atoms with Crippen LogP contribution < -0.4 is 0 Å². The first-order valence-electron chi connectivity index (χ1n) is 8.24. The first-order valence-corrected chi connectivity index (χ1v) is 9.74. The molecule has 0 spiro atoms. The Morgan fingerprint density at radius 3 is 2.50 bits per heavy atom. The number of sulfonamides is 1. The van der Waals surface area contributed by atoms with E-state index < -0.39 is 10.0 Å². The maximum absolute atomic E-state index is 12.8. The van der Waals surface area contributed by atoms with E-state index in [4.69, 9.17) is 0 Å². The van der Waals surface area contributed by atoms with Crippen molar-refractivity contribution in [2.24, 2.45) is 5.41 Å². The Balaban J connectivity index is 1.65. The van der Waals surface area contributed by atoms with Gasteiger partial charge in [-0.05, 0) is 44.1 Å². The molecule has 2 aliphatic heterocycles. The van der Waals surface area contributed by atoms with Crippen molar-refractivity contribution in [2.75, 3.05) is 6.61 Å². The maximum atomic E-state index is 12.8. The van der Waals surface area contributed by atoms with Gasteiger partial charge in [-0.1, -0.05) is 30.3 Å². The number of aliphatic hydroxyl groups excluding tert-OH is 1. The topological polar surface area (TPSA) is 57.6 Å². The van der Waals surface area contributed by atoms with Crippen molar-refractivity contribution in [3.8, 4) is 0 Å². The summed E-state index contributed by atoms with van der Waals surface area (Å²) in [6.45, 7) is 0.0692. The molecule has 1 aromatic rings. The van der Waals surface area contributed by atoms with Crippen LogP contribution in [0.5, 0.6) is 0 Å². The highest BCUT2D eigenvalue weighted by molar-refractivity contribution is 7.90. The zero-order valence-electron chi connectivity index (χ0n) is 12.7. The lowest BCUT2D eigenvalue weighted by molar-refractivity contribution is 0.0888. The number of nitrogens with zero attached hydrogens (tertiary/aromatic N) is 1. The van der Waals surface area contributed by atoms with Gasteiger partial charge in [-0.25, -0.2) is 8.42 Å². The fraction of sp³-hybridized carbons (Fsp3) is 0.647. The monoisotopic (exact) mass is 321 g/mol. The van der Waals surface area contributed by atoms with E-state index in [1.807, 2.05) is 18.2 Å². The normalized spacial score (nSPS) is 35.1. The summed E-state index contributed by atoms with van der Waals surface area (Å²) in [5.41, 5.74) is 0.888. The summed E-state index contributed by atoms with van der Waals surface area (Å²) in [7, 11) is -3.15. The Kier molecular flexibility index (Phi) is 3.36. The molecule has 0 amide bonds. The molecule has 2 heterocycles. The lowest BCUT2D eigenvalue weighted by Crippen LogP contribution is -2.44. The third kappa shape index (κ3) is 2.14. The van der Waals surface area contributed by atoms with Crippen molar-refractivity contribution in [3.63, 3.8) is 0 Å². The third-order valence-corrected chi connectivity index (χ3v) is 8.20. The number of benzene rings is 1. The molecule has 0 aromatic heterocycles. The van der Waals surface area contributed by atoms with Gasteiger partial charge in [0, 0.05) is 17.5 Å². The highest BCUT2D eigenvalue weighted by atomic mass is 32.2. The molecule has 1 N–H and O–H groups in total. The molecule has 1 aromatic carbocycles. The molecule has 4 nitrogen and oxygen atoms in total. The van der Waals surface area contributed by atoms with E-state index in [2.05, 4.69) is 12.1 Å². The van der Waals surface area contributed by atoms with Gasteiger partial charge in [-0.15, -0.1) is 0 Å². The van der Waals surface area contributed by atoms with Crippen molar-refractivity contribution in [2.45, 2.75) is 55.9 Å². The zero-order valence-corrected chi connectivity index (χ0v) is 13.5. The highest BCUT2D eigenvalue weighted by Crippen LogP contribution is 2.54. The van der Waals surface area contributed by atoms with E-state index >= 15 is 0 Å². The fourth-order valence-electron chi connectivity index (χ4n) is 4.57. The van der Waals surface area contributed by atoms with Crippen LogP contribution in [0, 0.1) is 5.41 Å². The standard InChI is InChI=1S/C17H23NO3S/c19-12-17(10-13-4-2-1-3-5-13)11-14-6-9-16(17)18(14)22(20,21)15-7-8-15/h1-5,14-16,19H,6-12H2/t14-,16+,17-/m0/s1. The summed E-state index contributed by atoms with van der Waals surface area (Å²) in [6.07, 6.45) is 5.03. The minimum Gasteiger partial charge on any atom is -0.396 e. The first kappa shape index (κ1) is 14.7. The summed E-state index contributed by atoms with van der Waals surface area (Å²) < 4.78 is 27.3. The number of fused-ring (bicyclic) bond motifs is 2. The Morgan fingerprint density at radius 1 is 1.14 bits per heavy atom. The smallest absolute Gasteiger partial charge is 0.217 e. The van der Waals surface area contributed by atoms with Gasteiger partial charge in [-0.3, -0.25) is 0 Å². The van der Waals surface area contributed by atoms with Crippen molar-refractivity contribution >= 4 is 10.0 Å². The second kappa shape index (κ2) is 5.05. The second-order valence-electron chi connectivity index (χ2n) is 7.21. The van der Waals surface area contributed by atoms with E-state index in [9.17, 15) is 13.5 Å². The molecule has 22 heavy (non-hydrogen) atoms. The van der Waals surface area contributed by atoms with Gasteiger partial charge in [0.2, 0.25) is 10.0 Å². The summed E-state index contributed by atoms with van der Waals surface area (Å²) in [4.78, 5) is 0. The van der Waals surface area contributed by atoms with Crippen LogP contribution in [-0.2, 0) is 16.4 Å². The van der Waals surface area contributed by atoms with Crippen LogP contribution in [0.3, 0.4) is 0 Å². The second-order valence-corrected chi connectivity index (χ2v) is 9.33. The highest BCUT2D eigenvalue weighted by Gasteiger charge is 2.61. The van der Waals surface area contributed by atoms with Gasteiger partial charge in [0.25, 0.3) is 0 Å². The van der Waals surface area contributed by atoms with Crippen molar-refractivity contribution in [1.82, 2.24) is 4.31 Å². The summed E-state index contributed by atoms with van der Waals surface area (Å²) in [5, 5.41) is 9.97. The molecule has 2 bridgehead atoms. The van der Waals surface area contributed by atoms with Crippen LogP contribution >= 0.6 is 0 Å². The number of hydrogen-bond donors (Lipinski definition) is 1. The predicted molar refractivity (Wildman–Crippen MR) is 84.9 cm³/mol. The van der Waals surface area contributed by atoms with Gasteiger partial charge >= 0.3 is 0 Å². The van der Waals surface area contributed by atoms with Crippen molar-refractivity contribution < 1.29 is 13.5 Å². The molecule has 0 radical (unpaired) electrons. The molecule has 3 atom stereocenters. The average Bonchev–Trinajstić information content (AvgIpc) is 3.24. The van der Waals surface area contributed by atoms with Crippen LogP contribution in [0.4, 0.5) is 0 Å². The fourth-order valence-corrected chi connectivity index (χ4v) is 6.93. The van der Waals surface area contributed by atoms with Crippen molar-refractivity contribution in [3.05, 3.63) is 35.9 Å². The molecule has 2 saturated heterocycles. The molecule has 1 saturated carbocycles. The van der Waals surface area contributed by atoms with Gasteiger partial charge in [0.1, 0.15) is 0 Å². The molecule has 5 heteroatoms. The summed E-state index contributed by atoms with van der Waals surface area (Å²) in [6, 6.07) is 10.2. The lowest BCUT2D eigenvalue weighted by Gasteiger charge is -2.36. The Bertz CT molecular complexity index is 656. The quantitative estimate of drug-likeness (QED) is 0.901. The zero-order chi connectivity index (χ0) is 15.4. The molecule has 1 aliphatic carbocycles. The van der Waals surface area contributed by atoms with Gasteiger partial charge < -0.3 is 5.11 Å².